The maximum Gasteiger partial charge on any atom is 0.154 e. The highest BCUT2D eigenvalue weighted by Crippen LogP contribution is 2.21. The lowest BCUT2D eigenvalue weighted by atomic mass is 10.3. The van der Waals surface area contributed by atoms with Gasteiger partial charge >= 0.3 is 0 Å². The minimum atomic E-state index is 0.465. The molecule has 0 saturated heterocycles. The molecule has 3 nitrogen and oxygen atoms in total. The molecule has 1 aromatic rings. The van der Waals surface area contributed by atoms with E-state index in [1.807, 2.05) is 30.3 Å². The van der Waals surface area contributed by atoms with Crippen LogP contribution in [-0.4, -0.2) is 23.6 Å². The fourth-order valence-electron chi connectivity index (χ4n) is 2.07. The number of ether oxygens (including phenoxy) is 1. The van der Waals surface area contributed by atoms with Gasteiger partial charge in [-0.3, -0.25) is 4.99 Å². The molecule has 18 heavy (non-hydrogen) atoms. The molecule has 1 aromatic carbocycles. The Morgan fingerprint density at radius 2 is 2.00 bits per heavy atom. The van der Waals surface area contributed by atoms with E-state index in [1.165, 1.54) is 25.7 Å². The molecule has 1 fully saturated rings. The first-order valence-electron chi connectivity index (χ1n) is 6.48. The third-order valence-electron chi connectivity index (χ3n) is 2.98. The molecule has 1 aliphatic carbocycles. The van der Waals surface area contributed by atoms with Gasteiger partial charge in [0.15, 0.2) is 5.17 Å². The third-order valence-corrected chi connectivity index (χ3v) is 3.75. The first kappa shape index (κ1) is 13.3. The zero-order valence-corrected chi connectivity index (χ0v) is 11.4. The van der Waals surface area contributed by atoms with E-state index in [9.17, 15) is 0 Å². The number of nitrogens with two attached hydrogens (primary N) is 1. The van der Waals surface area contributed by atoms with Gasteiger partial charge in [0.1, 0.15) is 5.75 Å². The summed E-state index contributed by atoms with van der Waals surface area (Å²) in [5, 5.41) is 0.707. The predicted octanol–water partition coefficient (Wildman–Crippen LogP) is 3.06. The van der Waals surface area contributed by atoms with Crippen LogP contribution < -0.4 is 10.5 Å². The second kappa shape index (κ2) is 7.31. The summed E-state index contributed by atoms with van der Waals surface area (Å²) in [5.74, 6) is 1.75. The van der Waals surface area contributed by atoms with Crippen molar-refractivity contribution in [2.45, 2.75) is 31.7 Å². The van der Waals surface area contributed by atoms with Gasteiger partial charge in [-0.25, -0.2) is 0 Å². The van der Waals surface area contributed by atoms with E-state index < -0.39 is 0 Å². The van der Waals surface area contributed by atoms with E-state index in [0.717, 1.165) is 11.5 Å². The number of thioether (sulfide) groups is 1. The van der Waals surface area contributed by atoms with E-state index in [-0.39, 0.29) is 0 Å². The van der Waals surface area contributed by atoms with Crippen LogP contribution >= 0.6 is 11.8 Å². The molecule has 2 rings (SSSR count). The van der Waals surface area contributed by atoms with Crippen molar-refractivity contribution in [3.8, 4) is 5.75 Å². The van der Waals surface area contributed by atoms with Crippen LogP contribution in [0.15, 0.2) is 35.3 Å². The van der Waals surface area contributed by atoms with Gasteiger partial charge in [0, 0.05) is 5.75 Å². The highest BCUT2D eigenvalue weighted by molar-refractivity contribution is 8.13. The van der Waals surface area contributed by atoms with E-state index >= 15 is 0 Å². The van der Waals surface area contributed by atoms with Gasteiger partial charge in [-0.2, -0.15) is 0 Å². The minimum Gasteiger partial charge on any atom is -0.493 e. The van der Waals surface area contributed by atoms with Crippen LogP contribution in [0.25, 0.3) is 0 Å². The summed E-state index contributed by atoms with van der Waals surface area (Å²) in [6.45, 7) is 0.662. The van der Waals surface area contributed by atoms with Gasteiger partial charge < -0.3 is 10.5 Å². The van der Waals surface area contributed by atoms with E-state index in [2.05, 4.69) is 4.99 Å². The topological polar surface area (TPSA) is 47.6 Å². The second-order valence-corrected chi connectivity index (χ2v) is 5.53. The number of hydrogen-bond acceptors (Lipinski definition) is 3. The first-order valence-corrected chi connectivity index (χ1v) is 7.47. The molecule has 0 aliphatic heterocycles. The van der Waals surface area contributed by atoms with E-state index in [1.54, 1.807) is 11.8 Å². The maximum atomic E-state index is 5.89. The number of para-hydroxylation sites is 1. The average molecular weight is 264 g/mol. The quantitative estimate of drug-likeness (QED) is 0.505. The standard InChI is InChI=1S/C14H20N2OS/c15-14(16-12-6-4-5-7-12)18-11-10-17-13-8-2-1-3-9-13/h1-3,8-9,12H,4-7,10-11H2,(H2,15,16). The molecule has 0 atom stereocenters. The molecular formula is C14H20N2OS. The monoisotopic (exact) mass is 264 g/mol. The SMILES string of the molecule is NC(=NC1CCCC1)SCCOc1ccccc1. The smallest absolute Gasteiger partial charge is 0.154 e. The Kier molecular flexibility index (Phi) is 5.39. The number of rotatable bonds is 5. The molecule has 98 valence electrons. The summed E-state index contributed by atoms with van der Waals surface area (Å²) in [6, 6.07) is 10.3. The molecule has 0 radical (unpaired) electrons. The van der Waals surface area contributed by atoms with Crippen molar-refractivity contribution in [1.29, 1.82) is 0 Å². The molecule has 0 heterocycles. The Bertz CT molecular complexity index is 375. The summed E-state index contributed by atoms with van der Waals surface area (Å²) in [6.07, 6.45) is 4.98. The molecule has 1 saturated carbocycles. The average Bonchev–Trinajstić information content (AvgIpc) is 2.89. The summed E-state index contributed by atoms with van der Waals surface area (Å²) in [7, 11) is 0. The van der Waals surface area contributed by atoms with Crippen LogP contribution in [0.3, 0.4) is 0 Å². The zero-order chi connectivity index (χ0) is 12.6. The van der Waals surface area contributed by atoms with Crippen LogP contribution in [0.2, 0.25) is 0 Å². The highest BCUT2D eigenvalue weighted by atomic mass is 32.2. The summed E-state index contributed by atoms with van der Waals surface area (Å²) in [5.41, 5.74) is 5.89. The number of aliphatic imine (C=N–C) groups is 1. The number of hydrogen-bond donors (Lipinski definition) is 1. The first-order chi connectivity index (χ1) is 8.84. The van der Waals surface area contributed by atoms with Gasteiger partial charge in [0.05, 0.1) is 12.6 Å². The largest absolute Gasteiger partial charge is 0.493 e. The van der Waals surface area contributed by atoms with Crippen LogP contribution in [0, 0.1) is 0 Å². The Balaban J connectivity index is 1.63. The molecular weight excluding hydrogens is 244 g/mol. The summed E-state index contributed by atoms with van der Waals surface area (Å²) in [4.78, 5) is 4.52. The zero-order valence-electron chi connectivity index (χ0n) is 10.5. The Labute approximate surface area is 113 Å². The van der Waals surface area contributed by atoms with Crippen molar-refractivity contribution in [2.24, 2.45) is 10.7 Å². The van der Waals surface area contributed by atoms with E-state index in [4.69, 9.17) is 10.5 Å². The van der Waals surface area contributed by atoms with Gasteiger partial charge in [-0.15, -0.1) is 0 Å². The van der Waals surface area contributed by atoms with Gasteiger partial charge in [0.2, 0.25) is 0 Å². The van der Waals surface area contributed by atoms with Crippen LogP contribution in [0.1, 0.15) is 25.7 Å². The summed E-state index contributed by atoms with van der Waals surface area (Å²) >= 11 is 1.59. The van der Waals surface area contributed by atoms with Crippen molar-refractivity contribution in [1.82, 2.24) is 0 Å². The lowest BCUT2D eigenvalue weighted by Gasteiger charge is -2.07. The Morgan fingerprint density at radius 3 is 2.72 bits per heavy atom. The van der Waals surface area contributed by atoms with Crippen molar-refractivity contribution in [2.75, 3.05) is 12.4 Å². The fourth-order valence-corrected chi connectivity index (χ4v) is 2.67. The normalized spacial score (nSPS) is 17.0. The molecule has 0 aromatic heterocycles. The van der Waals surface area contributed by atoms with Crippen LogP contribution in [0.5, 0.6) is 5.75 Å². The third kappa shape index (κ3) is 4.61. The molecule has 4 heteroatoms. The van der Waals surface area contributed by atoms with Crippen molar-refractivity contribution >= 4 is 16.9 Å². The lowest BCUT2D eigenvalue weighted by Crippen LogP contribution is -2.13. The van der Waals surface area contributed by atoms with Crippen molar-refractivity contribution < 1.29 is 4.74 Å². The molecule has 0 unspecified atom stereocenters. The minimum absolute atomic E-state index is 0.465. The number of nitrogens with zero attached hydrogens (tertiary/aromatic N) is 1. The predicted molar refractivity (Wildman–Crippen MR) is 78.3 cm³/mol. The lowest BCUT2D eigenvalue weighted by molar-refractivity contribution is 0.344. The van der Waals surface area contributed by atoms with Crippen molar-refractivity contribution in [3.63, 3.8) is 0 Å². The van der Waals surface area contributed by atoms with E-state index in [0.29, 0.717) is 17.8 Å². The Morgan fingerprint density at radius 1 is 1.28 bits per heavy atom. The highest BCUT2D eigenvalue weighted by Gasteiger charge is 2.13. The van der Waals surface area contributed by atoms with Crippen LogP contribution in [-0.2, 0) is 0 Å². The molecule has 0 spiro atoms. The summed E-state index contributed by atoms with van der Waals surface area (Å²) < 4.78 is 5.59. The Hall–Kier alpha value is -1.16. The number of benzene rings is 1. The van der Waals surface area contributed by atoms with Gasteiger partial charge in [0.25, 0.3) is 0 Å². The molecule has 1 aliphatic rings. The van der Waals surface area contributed by atoms with Gasteiger partial charge in [-0.05, 0) is 25.0 Å². The molecule has 0 bridgehead atoms. The second-order valence-electron chi connectivity index (χ2n) is 4.42. The van der Waals surface area contributed by atoms with Crippen LogP contribution in [0.4, 0.5) is 0 Å². The maximum absolute atomic E-state index is 5.89. The number of amidine groups is 1. The van der Waals surface area contributed by atoms with Gasteiger partial charge in [-0.1, -0.05) is 42.8 Å². The molecule has 2 N–H and O–H groups in total. The van der Waals surface area contributed by atoms with Crippen molar-refractivity contribution in [3.05, 3.63) is 30.3 Å². The fraction of sp³-hybridized carbons (Fsp3) is 0.500. The molecule has 0 amide bonds.